The average Bonchev–Trinajstić information content (AvgIpc) is 2.54. The minimum Gasteiger partial charge on any atom is -0.324 e. The quantitative estimate of drug-likeness (QED) is 0.341. The Kier molecular flexibility index (Phi) is 5.24. The van der Waals surface area contributed by atoms with Crippen LogP contribution in [0.25, 0.3) is 0 Å². The van der Waals surface area contributed by atoms with Crippen molar-refractivity contribution in [1.29, 1.82) is 0 Å². The molecule has 0 fully saturated rings. The molecule has 3 aromatic rings. The molecule has 3 rings (SSSR count). The van der Waals surface area contributed by atoms with Gasteiger partial charge in [-0.05, 0) is 36.4 Å². The molecule has 0 aliphatic carbocycles. The number of nitrogens with one attached hydrogen (secondary N) is 3. The van der Waals surface area contributed by atoms with Crippen LogP contribution in [0.3, 0.4) is 0 Å². The topological polar surface area (TPSA) is 101 Å². The van der Waals surface area contributed by atoms with Gasteiger partial charge >= 0.3 is 0 Å². The molecule has 122 valence electrons. The molecule has 7 nitrogen and oxygen atoms in total. The van der Waals surface area contributed by atoms with Gasteiger partial charge in [-0.1, -0.05) is 44.0 Å². The van der Waals surface area contributed by atoms with Crippen molar-refractivity contribution in [2.75, 3.05) is 16.1 Å². The molecule has 0 spiro atoms. The predicted octanol–water partition coefficient (Wildman–Crippen LogP) is 4.17. The van der Waals surface area contributed by atoms with Crippen LogP contribution < -0.4 is 21.9 Å². The second kappa shape index (κ2) is 7.56. The number of halogens is 2. The van der Waals surface area contributed by atoms with E-state index in [-0.39, 0.29) is 5.95 Å². The Hall–Kier alpha value is -2.23. The lowest BCUT2D eigenvalue weighted by molar-refractivity contribution is 1.04. The number of nitrogens with zero attached hydrogens (tertiary/aromatic N) is 3. The summed E-state index contributed by atoms with van der Waals surface area (Å²) in [6.07, 6.45) is 0. The van der Waals surface area contributed by atoms with Crippen LogP contribution in [-0.4, -0.2) is 15.0 Å². The SMILES string of the molecule is NNc1nc(Nc2cccc(Br)c2)nc(Nc2cccc(Br)c2)n1. The molecule has 1 heterocycles. The fourth-order valence-electron chi connectivity index (χ4n) is 1.94. The molecule has 0 atom stereocenters. The lowest BCUT2D eigenvalue weighted by Gasteiger charge is -2.10. The molecule has 2 aromatic carbocycles. The van der Waals surface area contributed by atoms with Crippen LogP contribution in [0.2, 0.25) is 0 Å². The van der Waals surface area contributed by atoms with Gasteiger partial charge < -0.3 is 10.6 Å². The van der Waals surface area contributed by atoms with Gasteiger partial charge in [-0.2, -0.15) is 15.0 Å². The van der Waals surface area contributed by atoms with E-state index in [4.69, 9.17) is 5.84 Å². The van der Waals surface area contributed by atoms with E-state index in [2.05, 4.69) is 62.9 Å². The number of hydrogen-bond acceptors (Lipinski definition) is 7. The largest absolute Gasteiger partial charge is 0.324 e. The van der Waals surface area contributed by atoms with E-state index >= 15 is 0 Å². The van der Waals surface area contributed by atoms with Gasteiger partial charge in [0.15, 0.2) is 0 Å². The fraction of sp³-hybridized carbons (Fsp3) is 0. The molecular weight excluding hydrogens is 438 g/mol. The normalized spacial score (nSPS) is 10.3. The Morgan fingerprint density at radius 2 is 1.17 bits per heavy atom. The zero-order valence-electron chi connectivity index (χ0n) is 12.3. The van der Waals surface area contributed by atoms with E-state index in [0.29, 0.717) is 11.9 Å². The van der Waals surface area contributed by atoms with Gasteiger partial charge in [0.25, 0.3) is 0 Å². The van der Waals surface area contributed by atoms with Crippen molar-refractivity contribution in [3.63, 3.8) is 0 Å². The summed E-state index contributed by atoms with van der Waals surface area (Å²) in [6.45, 7) is 0. The zero-order valence-corrected chi connectivity index (χ0v) is 15.5. The first kappa shape index (κ1) is 16.6. The van der Waals surface area contributed by atoms with Crippen molar-refractivity contribution in [3.8, 4) is 0 Å². The highest BCUT2D eigenvalue weighted by molar-refractivity contribution is 9.10. The Morgan fingerprint density at radius 3 is 1.58 bits per heavy atom. The van der Waals surface area contributed by atoms with Gasteiger partial charge in [-0.15, -0.1) is 0 Å². The maximum Gasteiger partial charge on any atom is 0.243 e. The minimum atomic E-state index is 0.250. The third kappa shape index (κ3) is 4.40. The van der Waals surface area contributed by atoms with Crippen LogP contribution in [0, 0.1) is 0 Å². The van der Waals surface area contributed by atoms with Gasteiger partial charge in [-0.3, -0.25) is 5.43 Å². The highest BCUT2D eigenvalue weighted by atomic mass is 79.9. The molecule has 1 aromatic heterocycles. The fourth-order valence-corrected chi connectivity index (χ4v) is 2.74. The maximum absolute atomic E-state index is 5.45. The smallest absolute Gasteiger partial charge is 0.243 e. The molecule has 0 saturated heterocycles. The second-order valence-corrected chi connectivity index (χ2v) is 6.55. The lowest BCUT2D eigenvalue weighted by Crippen LogP contribution is -2.13. The van der Waals surface area contributed by atoms with Crippen LogP contribution in [0.5, 0.6) is 0 Å². The highest BCUT2D eigenvalue weighted by Crippen LogP contribution is 2.22. The van der Waals surface area contributed by atoms with Gasteiger partial charge in [0.05, 0.1) is 0 Å². The molecule has 0 aliphatic rings. The van der Waals surface area contributed by atoms with E-state index in [1.165, 1.54) is 0 Å². The molecule has 9 heteroatoms. The number of benzene rings is 2. The Balaban J connectivity index is 1.87. The Morgan fingerprint density at radius 1 is 0.708 bits per heavy atom. The highest BCUT2D eigenvalue weighted by Gasteiger charge is 2.07. The van der Waals surface area contributed by atoms with Crippen molar-refractivity contribution in [2.45, 2.75) is 0 Å². The average molecular weight is 451 g/mol. The van der Waals surface area contributed by atoms with E-state index in [1.54, 1.807) is 0 Å². The summed E-state index contributed by atoms with van der Waals surface area (Å²) in [5.41, 5.74) is 4.12. The van der Waals surface area contributed by atoms with Crippen molar-refractivity contribution in [2.24, 2.45) is 5.84 Å². The second-order valence-electron chi connectivity index (χ2n) is 4.72. The summed E-state index contributed by atoms with van der Waals surface area (Å²) in [4.78, 5) is 12.8. The standard InChI is InChI=1S/C15H13Br2N7/c16-9-3-1-5-11(7-9)19-13-21-14(23-15(22-13)24-18)20-12-6-2-4-10(17)8-12/h1-8H,18H2,(H3,19,20,21,22,23,24). The van der Waals surface area contributed by atoms with Crippen LogP contribution in [0.15, 0.2) is 57.5 Å². The number of hydrogen-bond donors (Lipinski definition) is 4. The predicted molar refractivity (Wildman–Crippen MR) is 102 cm³/mol. The van der Waals surface area contributed by atoms with E-state index in [0.717, 1.165) is 20.3 Å². The number of aromatic nitrogens is 3. The third-order valence-corrected chi connectivity index (χ3v) is 3.91. The van der Waals surface area contributed by atoms with Crippen LogP contribution in [-0.2, 0) is 0 Å². The third-order valence-electron chi connectivity index (χ3n) is 2.93. The first-order chi connectivity index (χ1) is 11.6. The minimum absolute atomic E-state index is 0.250. The Labute approximate surface area is 155 Å². The molecule has 5 N–H and O–H groups in total. The summed E-state index contributed by atoms with van der Waals surface area (Å²) in [5.74, 6) is 6.44. The number of nitrogens with two attached hydrogens (primary N) is 1. The number of hydrazine groups is 1. The summed E-state index contributed by atoms with van der Waals surface area (Å²) < 4.78 is 1.90. The maximum atomic E-state index is 5.45. The van der Waals surface area contributed by atoms with Gasteiger partial charge in [0, 0.05) is 20.3 Å². The molecule has 24 heavy (non-hydrogen) atoms. The Bertz CT molecular complexity index is 791. The molecule has 0 amide bonds. The van der Waals surface area contributed by atoms with Gasteiger partial charge in [0.2, 0.25) is 17.8 Å². The first-order valence-corrected chi connectivity index (χ1v) is 8.49. The van der Waals surface area contributed by atoms with E-state index in [9.17, 15) is 0 Å². The van der Waals surface area contributed by atoms with E-state index in [1.807, 2.05) is 48.5 Å². The van der Waals surface area contributed by atoms with E-state index < -0.39 is 0 Å². The number of nitrogen functional groups attached to an aromatic ring is 1. The van der Waals surface area contributed by atoms with Gasteiger partial charge in [-0.25, -0.2) is 5.84 Å². The summed E-state index contributed by atoms with van der Waals surface area (Å²) in [5, 5.41) is 6.24. The van der Waals surface area contributed by atoms with Crippen LogP contribution >= 0.6 is 31.9 Å². The number of rotatable bonds is 5. The van der Waals surface area contributed by atoms with Crippen LogP contribution in [0.1, 0.15) is 0 Å². The molecule has 0 saturated carbocycles. The molecule has 0 aliphatic heterocycles. The summed E-state index contributed by atoms with van der Waals surface area (Å²) >= 11 is 6.85. The van der Waals surface area contributed by atoms with Crippen molar-refractivity contribution in [3.05, 3.63) is 57.5 Å². The van der Waals surface area contributed by atoms with Gasteiger partial charge in [0.1, 0.15) is 0 Å². The van der Waals surface area contributed by atoms with Crippen molar-refractivity contribution >= 4 is 61.1 Å². The first-order valence-electron chi connectivity index (χ1n) is 6.90. The zero-order chi connectivity index (χ0) is 16.9. The molecular formula is C15H13Br2N7. The van der Waals surface area contributed by atoms with Crippen molar-refractivity contribution < 1.29 is 0 Å². The number of anilines is 5. The molecule has 0 radical (unpaired) electrons. The molecule has 0 unspecified atom stereocenters. The molecule has 0 bridgehead atoms. The summed E-state index contributed by atoms with van der Waals surface area (Å²) in [7, 11) is 0. The monoisotopic (exact) mass is 449 g/mol. The summed E-state index contributed by atoms with van der Waals surface area (Å²) in [6, 6.07) is 15.3. The van der Waals surface area contributed by atoms with Crippen LogP contribution in [0.4, 0.5) is 29.2 Å². The lowest BCUT2D eigenvalue weighted by atomic mass is 10.3. The van der Waals surface area contributed by atoms with Crippen molar-refractivity contribution in [1.82, 2.24) is 15.0 Å².